The second kappa shape index (κ2) is 12.8. The third-order valence-corrected chi connectivity index (χ3v) is 6.73. The van der Waals surface area contributed by atoms with Crippen LogP contribution in [0.1, 0.15) is 17.3 Å². The van der Waals surface area contributed by atoms with Crippen LogP contribution in [-0.4, -0.2) is 40.5 Å². The Hall–Kier alpha value is -6.42. The summed E-state index contributed by atoms with van der Waals surface area (Å²) in [6.45, 7) is 5.36. The van der Waals surface area contributed by atoms with Crippen LogP contribution < -0.4 is 14.4 Å². The van der Waals surface area contributed by atoms with E-state index < -0.39 is 35.6 Å². The van der Waals surface area contributed by atoms with E-state index in [0.29, 0.717) is 17.2 Å². The number of carbonyl (C=O) groups is 6. The third-order valence-electron chi connectivity index (χ3n) is 6.73. The van der Waals surface area contributed by atoms with Crippen molar-refractivity contribution in [2.45, 2.75) is 6.92 Å². The van der Waals surface area contributed by atoms with Crippen LogP contribution in [0.15, 0.2) is 133 Å². The van der Waals surface area contributed by atoms with Gasteiger partial charge in [0.25, 0.3) is 23.6 Å². The van der Waals surface area contributed by atoms with Gasteiger partial charge in [0.05, 0.1) is 16.8 Å². The molecule has 0 saturated carbocycles. The fourth-order valence-electron chi connectivity index (χ4n) is 4.39. The molecule has 0 saturated heterocycles. The molecule has 10 heteroatoms. The Kier molecular flexibility index (Phi) is 8.57. The number of esters is 2. The molecule has 0 radical (unpaired) electrons. The third kappa shape index (κ3) is 6.65. The molecule has 0 N–H and O–H groups in total. The van der Waals surface area contributed by atoms with Crippen LogP contribution in [-0.2, 0) is 24.0 Å². The second-order valence-corrected chi connectivity index (χ2v) is 9.63. The molecule has 3 aromatic rings. The molecule has 0 aliphatic carbocycles. The van der Waals surface area contributed by atoms with E-state index in [-0.39, 0.29) is 16.8 Å². The van der Waals surface area contributed by atoms with Gasteiger partial charge in [0.1, 0.15) is 11.5 Å². The van der Waals surface area contributed by atoms with Crippen molar-refractivity contribution < 1.29 is 38.2 Å². The topological polar surface area (TPSA) is 127 Å². The number of rotatable bonds is 9. The molecule has 0 fully saturated rings. The van der Waals surface area contributed by atoms with E-state index in [4.69, 9.17) is 9.47 Å². The van der Waals surface area contributed by atoms with Crippen LogP contribution in [0.2, 0.25) is 0 Å². The highest BCUT2D eigenvalue weighted by molar-refractivity contribution is 6.28. The van der Waals surface area contributed by atoms with E-state index in [1.54, 1.807) is 55.5 Å². The number of imide groups is 2. The summed E-state index contributed by atoms with van der Waals surface area (Å²) >= 11 is 0. The molecule has 2 aliphatic rings. The first-order valence-corrected chi connectivity index (χ1v) is 13.5. The first-order chi connectivity index (χ1) is 21.6. The van der Waals surface area contributed by atoms with Gasteiger partial charge in [-0.2, -0.15) is 0 Å². The van der Waals surface area contributed by atoms with Gasteiger partial charge in [0.15, 0.2) is 0 Å². The van der Waals surface area contributed by atoms with E-state index >= 15 is 0 Å². The van der Waals surface area contributed by atoms with Crippen molar-refractivity contribution in [1.29, 1.82) is 0 Å². The lowest BCUT2D eigenvalue weighted by molar-refractivity contribution is -0.134. The van der Waals surface area contributed by atoms with Gasteiger partial charge >= 0.3 is 11.9 Å². The zero-order valence-corrected chi connectivity index (χ0v) is 23.8. The maximum atomic E-state index is 12.7. The molecule has 0 aromatic heterocycles. The number of hydrogen-bond donors (Lipinski definition) is 0. The molecule has 45 heavy (non-hydrogen) atoms. The quantitative estimate of drug-likeness (QED) is 0.112. The van der Waals surface area contributed by atoms with Crippen LogP contribution in [0.5, 0.6) is 11.5 Å². The van der Waals surface area contributed by atoms with Crippen LogP contribution in [0.25, 0.3) is 11.1 Å². The lowest BCUT2D eigenvalue weighted by Crippen LogP contribution is -2.29. The van der Waals surface area contributed by atoms with Crippen molar-refractivity contribution in [2.75, 3.05) is 4.90 Å². The minimum atomic E-state index is -0.637. The highest BCUT2D eigenvalue weighted by Gasteiger charge is 2.26. The number of carbonyl (C=O) groups excluding carboxylic acids is 6. The maximum absolute atomic E-state index is 12.7. The van der Waals surface area contributed by atoms with Gasteiger partial charge in [-0.3, -0.25) is 19.2 Å². The molecule has 222 valence electrons. The van der Waals surface area contributed by atoms with E-state index in [9.17, 15) is 28.8 Å². The van der Waals surface area contributed by atoms with Crippen LogP contribution >= 0.6 is 0 Å². The van der Waals surface area contributed by atoms with E-state index in [1.807, 2.05) is 0 Å². The molecule has 3 aromatic carbocycles. The Bertz CT molecular complexity index is 1830. The van der Waals surface area contributed by atoms with Crippen molar-refractivity contribution in [2.24, 2.45) is 0 Å². The molecule has 10 nitrogen and oxygen atoms in total. The SMILES string of the molecule is C=C(/C=C\C(=C/C)C(=O)Oc1ccc(-c2ccc(OC(=O)c3ccc(N4C(=O)C=CC4=O)cc3)cc2)cc1)N1C(=O)C=CC1=O. The average Bonchev–Trinajstić information content (AvgIpc) is 3.56. The van der Waals surface area contributed by atoms with Crippen molar-refractivity contribution in [3.05, 3.63) is 139 Å². The summed E-state index contributed by atoms with van der Waals surface area (Å²) in [6, 6.07) is 19.6. The molecule has 0 bridgehead atoms. The largest absolute Gasteiger partial charge is 0.423 e. The van der Waals surface area contributed by atoms with Gasteiger partial charge in [-0.05, 0) is 78.7 Å². The molecular formula is C35H24N2O8. The number of anilines is 1. The summed E-state index contributed by atoms with van der Waals surface area (Å²) in [5, 5.41) is 0. The highest BCUT2D eigenvalue weighted by Crippen LogP contribution is 2.26. The van der Waals surface area contributed by atoms with Crippen LogP contribution in [0.3, 0.4) is 0 Å². The van der Waals surface area contributed by atoms with Crippen LogP contribution in [0, 0.1) is 0 Å². The normalized spacial score (nSPS) is 14.6. The van der Waals surface area contributed by atoms with Crippen molar-refractivity contribution in [3.8, 4) is 22.6 Å². The summed E-state index contributed by atoms with van der Waals surface area (Å²) in [6.07, 6.45) is 8.99. The molecule has 5 rings (SSSR count). The van der Waals surface area contributed by atoms with Gasteiger partial charge in [-0.25, -0.2) is 19.4 Å². The van der Waals surface area contributed by atoms with Crippen molar-refractivity contribution in [3.63, 3.8) is 0 Å². The van der Waals surface area contributed by atoms with Crippen molar-refractivity contribution in [1.82, 2.24) is 4.90 Å². The average molecular weight is 601 g/mol. The maximum Gasteiger partial charge on any atom is 0.343 e. The molecule has 0 spiro atoms. The van der Waals surface area contributed by atoms with E-state index in [2.05, 4.69) is 6.58 Å². The molecule has 0 unspecified atom stereocenters. The van der Waals surface area contributed by atoms with Gasteiger partial charge in [-0.1, -0.05) is 36.9 Å². The Morgan fingerprint density at radius 3 is 1.64 bits per heavy atom. The highest BCUT2D eigenvalue weighted by atomic mass is 16.5. The second-order valence-electron chi connectivity index (χ2n) is 9.63. The number of hydrogen-bond acceptors (Lipinski definition) is 8. The van der Waals surface area contributed by atoms with Gasteiger partial charge in [0.2, 0.25) is 0 Å². The Morgan fingerprint density at radius 2 is 1.13 bits per heavy atom. The van der Waals surface area contributed by atoms with Gasteiger partial charge < -0.3 is 9.47 Å². The predicted octanol–water partition coefficient (Wildman–Crippen LogP) is 4.85. The van der Waals surface area contributed by atoms with Gasteiger partial charge in [-0.15, -0.1) is 0 Å². The zero-order valence-electron chi connectivity index (χ0n) is 23.8. The molecule has 0 atom stereocenters. The predicted molar refractivity (Wildman–Crippen MR) is 164 cm³/mol. The fourth-order valence-corrected chi connectivity index (χ4v) is 4.39. The summed E-state index contributed by atoms with van der Waals surface area (Å²) in [5.74, 6) is -2.53. The summed E-state index contributed by atoms with van der Waals surface area (Å²) in [5.41, 5.74) is 2.55. The number of allylic oxidation sites excluding steroid dienone is 2. The lowest BCUT2D eigenvalue weighted by Gasteiger charge is -2.14. The Morgan fingerprint density at radius 1 is 0.644 bits per heavy atom. The first-order valence-electron chi connectivity index (χ1n) is 13.5. The minimum Gasteiger partial charge on any atom is -0.423 e. The summed E-state index contributed by atoms with van der Waals surface area (Å²) in [4.78, 5) is 74.5. The molecule has 2 heterocycles. The Labute approximate surface area is 257 Å². The number of amides is 4. The molecule has 2 aliphatic heterocycles. The van der Waals surface area contributed by atoms with Gasteiger partial charge in [0, 0.05) is 30.0 Å². The summed E-state index contributed by atoms with van der Waals surface area (Å²) < 4.78 is 10.9. The van der Waals surface area contributed by atoms with E-state index in [1.165, 1.54) is 54.6 Å². The smallest absolute Gasteiger partial charge is 0.343 e. The summed E-state index contributed by atoms with van der Waals surface area (Å²) in [7, 11) is 0. The molecule has 4 amide bonds. The standard InChI is InChI=1S/C35H24N2O8/c1-3-23(5-4-22(2)36-30(38)18-19-31(36)39)34(42)44-28-14-8-24(9-15-28)25-10-16-29(17-11-25)45-35(43)26-6-12-27(13-7-26)37-32(40)20-21-33(37)41/h3-21H,2H2,1H3/b5-4-,23-3+. The number of benzene rings is 3. The van der Waals surface area contributed by atoms with Crippen LogP contribution in [0.4, 0.5) is 5.69 Å². The Balaban J connectivity index is 1.16. The zero-order chi connectivity index (χ0) is 32.1. The lowest BCUT2D eigenvalue weighted by atomic mass is 10.1. The first kappa shape index (κ1) is 30.1. The number of ether oxygens (including phenoxy) is 2. The number of nitrogens with zero attached hydrogens (tertiary/aromatic N) is 2. The molecular weight excluding hydrogens is 576 g/mol. The minimum absolute atomic E-state index is 0.120. The monoisotopic (exact) mass is 600 g/mol. The fraction of sp³-hybridized carbons (Fsp3) is 0.0286. The van der Waals surface area contributed by atoms with E-state index in [0.717, 1.165) is 33.1 Å². The van der Waals surface area contributed by atoms with Crippen molar-refractivity contribution >= 4 is 41.3 Å².